The van der Waals surface area contributed by atoms with Crippen LogP contribution in [0.4, 0.5) is 0 Å². The van der Waals surface area contributed by atoms with Gasteiger partial charge in [-0.25, -0.2) is 9.97 Å². The maximum Gasteiger partial charge on any atom is 0.115 e. The maximum absolute atomic E-state index is 4.20. The first-order valence-electron chi connectivity index (χ1n) is 7.54. The predicted octanol–water partition coefficient (Wildman–Crippen LogP) is 3.17. The molecule has 2 rings (SSSR count). The molecular weight excluding hydrogens is 234 g/mol. The minimum atomic E-state index is 0.133. The average Bonchev–Trinajstić information content (AvgIpc) is 2.40. The minimum absolute atomic E-state index is 0.133. The molecule has 3 nitrogen and oxygen atoms in total. The second-order valence-corrected chi connectivity index (χ2v) is 6.54. The van der Waals surface area contributed by atoms with Crippen LogP contribution in [0.3, 0.4) is 0 Å². The van der Waals surface area contributed by atoms with E-state index in [1.807, 2.05) is 12.4 Å². The van der Waals surface area contributed by atoms with Crippen LogP contribution >= 0.6 is 0 Å². The molecule has 19 heavy (non-hydrogen) atoms. The molecule has 0 aromatic carbocycles. The lowest BCUT2D eigenvalue weighted by atomic mass is 9.64. The fourth-order valence-electron chi connectivity index (χ4n) is 3.58. The van der Waals surface area contributed by atoms with E-state index in [0.29, 0.717) is 12.0 Å². The summed E-state index contributed by atoms with van der Waals surface area (Å²) in [6.45, 7) is 10.3. The average molecular weight is 261 g/mol. The molecule has 0 amide bonds. The summed E-state index contributed by atoms with van der Waals surface area (Å²) in [4.78, 5) is 8.40. The molecule has 1 aliphatic carbocycles. The highest BCUT2D eigenvalue weighted by Gasteiger charge is 2.39. The van der Waals surface area contributed by atoms with Gasteiger partial charge in [-0.3, -0.25) is 0 Å². The molecule has 0 spiro atoms. The number of nitrogens with zero attached hydrogens (tertiary/aromatic N) is 2. The van der Waals surface area contributed by atoms with Gasteiger partial charge in [-0.15, -0.1) is 0 Å². The van der Waals surface area contributed by atoms with Crippen LogP contribution in [0.1, 0.15) is 52.5 Å². The highest BCUT2D eigenvalue weighted by Crippen LogP contribution is 2.41. The van der Waals surface area contributed by atoms with Gasteiger partial charge in [-0.05, 0) is 42.2 Å². The summed E-state index contributed by atoms with van der Waals surface area (Å²) < 4.78 is 0. The summed E-state index contributed by atoms with van der Waals surface area (Å²) in [6.07, 6.45) is 9.49. The van der Waals surface area contributed by atoms with Crippen LogP contribution in [0.5, 0.6) is 0 Å². The summed E-state index contributed by atoms with van der Waals surface area (Å²) >= 11 is 0. The molecular formula is C16H27N3. The normalized spacial score (nSPS) is 28.3. The molecule has 1 N–H and O–H groups in total. The Bertz CT molecular complexity index is 388. The first-order chi connectivity index (χ1) is 9.05. The van der Waals surface area contributed by atoms with Crippen molar-refractivity contribution >= 4 is 0 Å². The Morgan fingerprint density at radius 1 is 1.26 bits per heavy atom. The van der Waals surface area contributed by atoms with E-state index in [4.69, 9.17) is 0 Å². The van der Waals surface area contributed by atoms with Crippen LogP contribution in [-0.2, 0) is 5.41 Å². The molecule has 0 saturated heterocycles. The van der Waals surface area contributed by atoms with Gasteiger partial charge in [0.15, 0.2) is 0 Å². The third kappa shape index (κ3) is 3.14. The van der Waals surface area contributed by atoms with Crippen molar-refractivity contribution in [1.82, 2.24) is 15.3 Å². The van der Waals surface area contributed by atoms with E-state index in [0.717, 1.165) is 12.5 Å². The Morgan fingerprint density at radius 3 is 2.58 bits per heavy atom. The molecule has 1 heterocycles. The Balaban J connectivity index is 2.22. The molecule has 3 unspecified atom stereocenters. The lowest BCUT2D eigenvalue weighted by Gasteiger charge is -2.44. The van der Waals surface area contributed by atoms with Gasteiger partial charge < -0.3 is 5.32 Å². The van der Waals surface area contributed by atoms with Crippen LogP contribution in [0.15, 0.2) is 18.7 Å². The number of hydrogen-bond acceptors (Lipinski definition) is 3. The molecule has 1 aromatic rings. The van der Waals surface area contributed by atoms with E-state index in [-0.39, 0.29) is 5.41 Å². The van der Waals surface area contributed by atoms with E-state index in [1.54, 1.807) is 6.33 Å². The number of nitrogens with one attached hydrogen (secondary N) is 1. The van der Waals surface area contributed by atoms with Gasteiger partial charge in [0, 0.05) is 18.4 Å². The van der Waals surface area contributed by atoms with Crippen molar-refractivity contribution in [1.29, 1.82) is 0 Å². The third-order valence-electron chi connectivity index (χ3n) is 4.81. The second-order valence-electron chi connectivity index (χ2n) is 6.54. The van der Waals surface area contributed by atoms with Crippen molar-refractivity contribution in [2.24, 2.45) is 11.8 Å². The Labute approximate surface area is 117 Å². The van der Waals surface area contributed by atoms with Crippen molar-refractivity contribution < 1.29 is 0 Å². The highest BCUT2D eigenvalue weighted by molar-refractivity contribution is 5.19. The Morgan fingerprint density at radius 2 is 1.95 bits per heavy atom. The van der Waals surface area contributed by atoms with E-state index < -0.39 is 0 Å². The first kappa shape index (κ1) is 14.4. The molecule has 1 aromatic heterocycles. The van der Waals surface area contributed by atoms with Crippen LogP contribution in [-0.4, -0.2) is 22.6 Å². The molecule has 106 valence electrons. The fourth-order valence-corrected chi connectivity index (χ4v) is 3.58. The summed E-state index contributed by atoms with van der Waals surface area (Å²) in [5.41, 5.74) is 1.39. The predicted molar refractivity (Wildman–Crippen MR) is 79.0 cm³/mol. The van der Waals surface area contributed by atoms with Crippen LogP contribution < -0.4 is 5.32 Å². The highest BCUT2D eigenvalue weighted by atomic mass is 14.9. The quantitative estimate of drug-likeness (QED) is 0.904. The van der Waals surface area contributed by atoms with Gasteiger partial charge in [0.05, 0.1) is 0 Å². The van der Waals surface area contributed by atoms with E-state index >= 15 is 0 Å². The SMILES string of the molecule is CCNC1CC(C)CCC1C(C)(C)c1cncnc1. The molecule has 1 fully saturated rings. The summed E-state index contributed by atoms with van der Waals surface area (Å²) in [5.74, 6) is 1.50. The Kier molecular flexibility index (Phi) is 4.56. The standard InChI is InChI=1S/C16H27N3/c1-5-19-15-8-12(2)6-7-14(15)16(3,4)13-9-17-11-18-10-13/h9-12,14-15,19H,5-8H2,1-4H3. The summed E-state index contributed by atoms with van der Waals surface area (Å²) in [5, 5.41) is 3.70. The largest absolute Gasteiger partial charge is 0.314 e. The molecule has 1 aliphatic rings. The van der Waals surface area contributed by atoms with E-state index in [2.05, 4.69) is 43.0 Å². The van der Waals surface area contributed by atoms with Gasteiger partial charge >= 0.3 is 0 Å². The molecule has 3 heteroatoms. The zero-order valence-corrected chi connectivity index (χ0v) is 12.7. The van der Waals surface area contributed by atoms with Crippen molar-refractivity contribution in [3.8, 4) is 0 Å². The zero-order chi connectivity index (χ0) is 13.9. The maximum atomic E-state index is 4.20. The molecule has 1 saturated carbocycles. The molecule has 0 radical (unpaired) electrons. The van der Waals surface area contributed by atoms with Gasteiger partial charge in [-0.1, -0.05) is 34.1 Å². The van der Waals surface area contributed by atoms with Crippen molar-refractivity contribution in [2.45, 2.75) is 58.4 Å². The van der Waals surface area contributed by atoms with Crippen LogP contribution in [0.2, 0.25) is 0 Å². The molecule has 0 bridgehead atoms. The first-order valence-corrected chi connectivity index (χ1v) is 7.54. The molecule has 0 aliphatic heterocycles. The minimum Gasteiger partial charge on any atom is -0.314 e. The number of hydrogen-bond donors (Lipinski definition) is 1. The van der Waals surface area contributed by atoms with Crippen molar-refractivity contribution in [3.05, 3.63) is 24.3 Å². The number of aromatic nitrogens is 2. The van der Waals surface area contributed by atoms with Gasteiger partial charge in [-0.2, -0.15) is 0 Å². The van der Waals surface area contributed by atoms with E-state index in [1.165, 1.54) is 24.8 Å². The van der Waals surface area contributed by atoms with Gasteiger partial charge in [0.25, 0.3) is 0 Å². The van der Waals surface area contributed by atoms with E-state index in [9.17, 15) is 0 Å². The zero-order valence-electron chi connectivity index (χ0n) is 12.7. The van der Waals surface area contributed by atoms with Crippen LogP contribution in [0, 0.1) is 11.8 Å². The fraction of sp³-hybridized carbons (Fsp3) is 0.750. The molecule has 3 atom stereocenters. The monoisotopic (exact) mass is 261 g/mol. The summed E-state index contributed by atoms with van der Waals surface area (Å²) in [6, 6.07) is 0.615. The van der Waals surface area contributed by atoms with Crippen molar-refractivity contribution in [2.75, 3.05) is 6.54 Å². The van der Waals surface area contributed by atoms with Crippen molar-refractivity contribution in [3.63, 3.8) is 0 Å². The van der Waals surface area contributed by atoms with Crippen LogP contribution in [0.25, 0.3) is 0 Å². The van der Waals surface area contributed by atoms with Gasteiger partial charge in [0.2, 0.25) is 0 Å². The third-order valence-corrected chi connectivity index (χ3v) is 4.81. The number of rotatable bonds is 4. The lowest BCUT2D eigenvalue weighted by Crippen LogP contribution is -2.48. The van der Waals surface area contributed by atoms with Gasteiger partial charge in [0.1, 0.15) is 6.33 Å². The second kappa shape index (κ2) is 6.00. The lowest BCUT2D eigenvalue weighted by molar-refractivity contribution is 0.146. The topological polar surface area (TPSA) is 37.8 Å². The Hall–Kier alpha value is -0.960. The summed E-state index contributed by atoms with van der Waals surface area (Å²) in [7, 11) is 0. The smallest absolute Gasteiger partial charge is 0.115 e.